The largest absolute Gasteiger partial charge is 0.490 e. The van der Waals surface area contributed by atoms with Crippen LogP contribution >= 0.6 is 22.7 Å². The lowest BCUT2D eigenvalue weighted by atomic mass is 10.2. The zero-order valence-electron chi connectivity index (χ0n) is 18.9. The first-order valence-corrected chi connectivity index (χ1v) is 12.8. The Morgan fingerprint density at radius 1 is 1.00 bits per heavy atom. The molecule has 0 amide bonds. The molecular weight excluding hydrogens is 490 g/mol. The van der Waals surface area contributed by atoms with E-state index in [9.17, 15) is 4.79 Å². The molecule has 0 bridgehead atoms. The summed E-state index contributed by atoms with van der Waals surface area (Å²) in [6.07, 6.45) is 5.51. The van der Waals surface area contributed by atoms with Crippen LogP contribution in [0.5, 0.6) is 5.75 Å². The van der Waals surface area contributed by atoms with Gasteiger partial charge in [0, 0.05) is 17.3 Å². The molecule has 0 radical (unpaired) electrons. The lowest BCUT2D eigenvalue weighted by Crippen LogP contribution is -2.23. The molecule has 0 aliphatic heterocycles. The summed E-state index contributed by atoms with van der Waals surface area (Å²) < 4.78 is 9.27. The van der Waals surface area contributed by atoms with Gasteiger partial charge >= 0.3 is 0 Å². The second kappa shape index (κ2) is 9.37. The lowest BCUT2D eigenvalue weighted by molar-refractivity contribution is 0.363. The van der Waals surface area contributed by atoms with E-state index in [1.165, 1.54) is 15.9 Å². The van der Waals surface area contributed by atoms with Crippen molar-refractivity contribution in [3.05, 3.63) is 111 Å². The summed E-state index contributed by atoms with van der Waals surface area (Å²) in [6, 6.07) is 21.4. The maximum atomic E-state index is 13.2. The number of nitrogens with zero attached hydrogens (tertiary/aromatic N) is 5. The van der Waals surface area contributed by atoms with Gasteiger partial charge in [-0.2, -0.15) is 14.6 Å². The normalized spacial score (nSPS) is 11.8. The second-order valence-electron chi connectivity index (χ2n) is 7.86. The topological polar surface area (TPSA) is 74.3 Å². The van der Waals surface area contributed by atoms with E-state index in [1.807, 2.05) is 89.1 Å². The SMILES string of the molecule is C=CCOc1ccc(-c2nc3sc(=Cc4cn(-c5ccccc5)nc4-c4cccs4)c(=O)n3n2)cc1. The van der Waals surface area contributed by atoms with Gasteiger partial charge in [-0.3, -0.25) is 4.79 Å². The molecule has 0 saturated carbocycles. The number of ether oxygens (including phenoxy) is 1. The molecule has 176 valence electrons. The van der Waals surface area contributed by atoms with E-state index in [1.54, 1.807) is 17.4 Å². The molecule has 7 nitrogen and oxygen atoms in total. The summed E-state index contributed by atoms with van der Waals surface area (Å²) in [4.78, 5) is 19.4. The van der Waals surface area contributed by atoms with Gasteiger partial charge < -0.3 is 4.74 Å². The van der Waals surface area contributed by atoms with Crippen molar-refractivity contribution < 1.29 is 4.74 Å². The van der Waals surface area contributed by atoms with Gasteiger partial charge in [-0.25, -0.2) is 4.68 Å². The molecule has 0 aliphatic carbocycles. The lowest BCUT2D eigenvalue weighted by Gasteiger charge is -2.02. The van der Waals surface area contributed by atoms with Gasteiger partial charge in [0.2, 0.25) is 4.96 Å². The summed E-state index contributed by atoms with van der Waals surface area (Å²) in [5.41, 5.74) is 3.24. The Bertz CT molecular complexity index is 1770. The van der Waals surface area contributed by atoms with Gasteiger partial charge in [-0.05, 0) is 53.9 Å². The monoisotopic (exact) mass is 509 g/mol. The number of hydrogen-bond acceptors (Lipinski definition) is 7. The molecule has 36 heavy (non-hydrogen) atoms. The third-order valence-corrected chi connectivity index (χ3v) is 7.30. The highest BCUT2D eigenvalue weighted by Gasteiger charge is 2.15. The van der Waals surface area contributed by atoms with Gasteiger partial charge in [0.1, 0.15) is 18.1 Å². The maximum Gasteiger partial charge on any atom is 0.291 e. The van der Waals surface area contributed by atoms with Gasteiger partial charge in [0.25, 0.3) is 5.56 Å². The molecule has 4 heterocycles. The predicted molar refractivity (Wildman–Crippen MR) is 144 cm³/mol. The quantitative estimate of drug-likeness (QED) is 0.288. The summed E-state index contributed by atoms with van der Waals surface area (Å²) >= 11 is 2.92. The van der Waals surface area contributed by atoms with E-state index < -0.39 is 0 Å². The average Bonchev–Trinajstić information content (AvgIpc) is 3.70. The molecular formula is C27H19N5O2S2. The van der Waals surface area contributed by atoms with Crippen LogP contribution in [0, 0.1) is 0 Å². The number of thiophene rings is 1. The Kier molecular flexibility index (Phi) is 5.76. The van der Waals surface area contributed by atoms with E-state index in [0.29, 0.717) is 21.9 Å². The van der Waals surface area contributed by atoms with Crippen molar-refractivity contribution in [2.45, 2.75) is 0 Å². The van der Waals surface area contributed by atoms with Crippen molar-refractivity contribution in [2.75, 3.05) is 6.61 Å². The zero-order valence-corrected chi connectivity index (χ0v) is 20.6. The average molecular weight is 510 g/mol. The highest BCUT2D eigenvalue weighted by molar-refractivity contribution is 7.15. The summed E-state index contributed by atoms with van der Waals surface area (Å²) in [6.45, 7) is 4.09. The van der Waals surface area contributed by atoms with Crippen molar-refractivity contribution in [3.8, 4) is 33.4 Å². The highest BCUT2D eigenvalue weighted by Crippen LogP contribution is 2.28. The fourth-order valence-electron chi connectivity index (χ4n) is 3.76. The smallest absolute Gasteiger partial charge is 0.291 e. The molecule has 6 aromatic rings. The number of benzene rings is 2. The molecule has 0 atom stereocenters. The Balaban J connectivity index is 1.39. The standard InChI is InChI=1S/C27H19N5O2S2/c1-2-14-34-21-12-10-18(11-13-21)25-28-27-32(30-25)26(33)23(36-27)16-19-17-31(20-7-4-3-5-8-20)29-24(19)22-9-6-15-35-22/h2-13,15-17H,1,14H2. The fraction of sp³-hybridized carbons (Fsp3) is 0.0370. The van der Waals surface area contributed by atoms with Crippen molar-refractivity contribution >= 4 is 33.7 Å². The van der Waals surface area contributed by atoms with Crippen LogP contribution in [0.25, 0.3) is 38.7 Å². The molecule has 6 rings (SSSR count). The molecule has 0 aliphatic rings. The van der Waals surface area contributed by atoms with Crippen LogP contribution in [-0.4, -0.2) is 31.0 Å². The van der Waals surface area contributed by atoms with Crippen LogP contribution in [0.3, 0.4) is 0 Å². The Morgan fingerprint density at radius 3 is 2.56 bits per heavy atom. The van der Waals surface area contributed by atoms with E-state index in [2.05, 4.69) is 16.7 Å². The zero-order chi connectivity index (χ0) is 24.5. The van der Waals surface area contributed by atoms with Crippen molar-refractivity contribution in [2.24, 2.45) is 0 Å². The first-order chi connectivity index (χ1) is 17.7. The van der Waals surface area contributed by atoms with Crippen molar-refractivity contribution in [1.82, 2.24) is 24.4 Å². The molecule has 0 unspecified atom stereocenters. The summed E-state index contributed by atoms with van der Waals surface area (Å²) in [7, 11) is 0. The molecule has 4 aromatic heterocycles. The van der Waals surface area contributed by atoms with Crippen LogP contribution in [0.2, 0.25) is 0 Å². The summed E-state index contributed by atoms with van der Waals surface area (Å²) in [5, 5.41) is 11.3. The molecule has 0 N–H and O–H groups in total. The van der Waals surface area contributed by atoms with Gasteiger partial charge in [-0.15, -0.1) is 16.4 Å². The van der Waals surface area contributed by atoms with E-state index >= 15 is 0 Å². The minimum Gasteiger partial charge on any atom is -0.490 e. The first-order valence-electron chi connectivity index (χ1n) is 11.1. The third kappa shape index (κ3) is 4.15. The third-order valence-electron chi connectivity index (χ3n) is 5.47. The Hall–Kier alpha value is -4.34. The molecule has 9 heteroatoms. The number of rotatable bonds is 7. The minimum atomic E-state index is -0.204. The van der Waals surface area contributed by atoms with Gasteiger partial charge in [0.05, 0.1) is 15.1 Å². The fourth-order valence-corrected chi connectivity index (χ4v) is 5.39. The van der Waals surface area contributed by atoms with Gasteiger partial charge in [-0.1, -0.05) is 48.3 Å². The predicted octanol–water partition coefficient (Wildman–Crippen LogP) is 4.84. The number of aromatic nitrogens is 5. The second-order valence-corrected chi connectivity index (χ2v) is 9.82. The Morgan fingerprint density at radius 2 is 1.83 bits per heavy atom. The Labute approximate surface area is 213 Å². The number of thiazole rings is 1. The highest BCUT2D eigenvalue weighted by atomic mass is 32.1. The molecule has 0 saturated heterocycles. The van der Waals surface area contributed by atoms with Crippen LogP contribution in [0.1, 0.15) is 5.56 Å². The van der Waals surface area contributed by atoms with E-state index in [-0.39, 0.29) is 5.56 Å². The molecule has 0 fully saturated rings. The van der Waals surface area contributed by atoms with Crippen LogP contribution in [-0.2, 0) is 0 Å². The number of fused-ring (bicyclic) bond motifs is 1. The van der Waals surface area contributed by atoms with Crippen LogP contribution in [0.4, 0.5) is 0 Å². The number of para-hydroxylation sites is 1. The first kappa shape index (κ1) is 22.1. The summed E-state index contributed by atoms with van der Waals surface area (Å²) in [5.74, 6) is 1.23. The molecule has 2 aromatic carbocycles. The van der Waals surface area contributed by atoms with E-state index in [0.717, 1.165) is 33.1 Å². The van der Waals surface area contributed by atoms with Crippen molar-refractivity contribution in [3.63, 3.8) is 0 Å². The van der Waals surface area contributed by atoms with Crippen molar-refractivity contribution in [1.29, 1.82) is 0 Å². The van der Waals surface area contributed by atoms with E-state index in [4.69, 9.17) is 9.84 Å². The molecule has 0 spiro atoms. The van der Waals surface area contributed by atoms with Crippen LogP contribution < -0.4 is 14.8 Å². The van der Waals surface area contributed by atoms with Gasteiger partial charge in [0.15, 0.2) is 5.82 Å². The minimum absolute atomic E-state index is 0.204. The van der Waals surface area contributed by atoms with Crippen LogP contribution in [0.15, 0.2) is 95.8 Å². The maximum absolute atomic E-state index is 13.2. The number of hydrogen-bond donors (Lipinski definition) is 0.